The van der Waals surface area contributed by atoms with Gasteiger partial charge >= 0.3 is 0 Å². The summed E-state index contributed by atoms with van der Waals surface area (Å²) in [6.07, 6.45) is 3.94. The Morgan fingerprint density at radius 2 is 2.15 bits per heavy atom. The molecule has 0 saturated heterocycles. The number of halogens is 1. The first-order chi connectivity index (χ1) is 6.09. The van der Waals surface area contributed by atoms with Crippen LogP contribution in [-0.4, -0.2) is 0 Å². The van der Waals surface area contributed by atoms with Gasteiger partial charge in [0.25, 0.3) is 0 Å². The van der Waals surface area contributed by atoms with Gasteiger partial charge in [0.15, 0.2) is 0 Å². The second-order valence-corrected chi connectivity index (χ2v) is 6.59. The molecule has 0 spiro atoms. The van der Waals surface area contributed by atoms with Gasteiger partial charge in [0.1, 0.15) is 0 Å². The third-order valence-electron chi connectivity index (χ3n) is 2.91. The zero-order valence-electron chi connectivity index (χ0n) is 8.23. The summed E-state index contributed by atoms with van der Waals surface area (Å²) in [5.74, 6) is 0. The smallest absolute Gasteiger partial charge is 0.0445 e. The molecule has 1 aliphatic rings. The Bertz CT molecular complexity index is 326. The van der Waals surface area contributed by atoms with Gasteiger partial charge in [-0.05, 0) is 44.2 Å². The maximum Gasteiger partial charge on any atom is 0.0445 e. The van der Waals surface area contributed by atoms with Crippen LogP contribution in [0.25, 0.3) is 0 Å². The lowest BCUT2D eigenvalue weighted by molar-refractivity contribution is 0.568. The van der Waals surface area contributed by atoms with E-state index in [9.17, 15) is 0 Å². The predicted molar refractivity (Wildman–Crippen MR) is 65.5 cm³/mol. The van der Waals surface area contributed by atoms with E-state index in [1.165, 1.54) is 24.8 Å². The van der Waals surface area contributed by atoms with E-state index in [2.05, 4.69) is 54.6 Å². The zero-order chi connectivity index (χ0) is 9.47. The molecule has 2 rings (SSSR count). The molecular weight excluding hydrogens is 271 g/mol. The van der Waals surface area contributed by atoms with Crippen LogP contribution in [0.4, 0.5) is 0 Å². The van der Waals surface area contributed by atoms with Crippen LogP contribution in [0.5, 0.6) is 0 Å². The zero-order valence-corrected chi connectivity index (χ0v) is 10.4. The highest BCUT2D eigenvalue weighted by atomic mass is 127. The summed E-state index contributed by atoms with van der Waals surface area (Å²) in [6.45, 7) is 4.53. The van der Waals surface area contributed by atoms with Crippen molar-refractivity contribution in [2.24, 2.45) is 0 Å². The number of benzene rings is 1. The van der Waals surface area contributed by atoms with Crippen LogP contribution < -0.4 is 0 Å². The molecule has 0 aromatic heterocycles. The number of hydrogen-bond donors (Lipinski definition) is 0. The summed E-state index contributed by atoms with van der Waals surface area (Å²) in [6, 6.07) is 6.91. The van der Waals surface area contributed by atoms with Crippen molar-refractivity contribution in [2.75, 3.05) is 0 Å². The van der Waals surface area contributed by atoms with Crippen LogP contribution in [0, 0.1) is 6.92 Å². The number of rotatable bonds is 0. The van der Waals surface area contributed by atoms with Gasteiger partial charge in [0.2, 0.25) is 0 Å². The first kappa shape index (κ1) is 9.50. The molecule has 1 atom stereocenters. The molecule has 1 unspecified atom stereocenters. The topological polar surface area (TPSA) is 0 Å². The minimum Gasteiger partial charge on any atom is -0.0740 e. The highest BCUT2D eigenvalue weighted by Crippen LogP contribution is 2.42. The van der Waals surface area contributed by atoms with Crippen LogP contribution in [0.2, 0.25) is 0 Å². The van der Waals surface area contributed by atoms with Gasteiger partial charge in [-0.3, -0.25) is 0 Å². The molecule has 0 nitrogen and oxygen atoms in total. The molecule has 1 aromatic rings. The molecule has 0 fully saturated rings. The Kier molecular flexibility index (Phi) is 2.39. The first-order valence-electron chi connectivity index (χ1n) is 4.88. The number of aryl methyl sites for hydroxylation is 2. The SMILES string of the molecule is Cc1ccc2c(c1)CCCC2(C)I. The van der Waals surface area contributed by atoms with Crippen molar-refractivity contribution in [2.45, 2.75) is 36.5 Å². The third-order valence-corrected chi connectivity index (χ3v) is 4.04. The molecule has 0 heterocycles. The Balaban J connectivity index is 2.53. The van der Waals surface area contributed by atoms with E-state index >= 15 is 0 Å². The van der Waals surface area contributed by atoms with Gasteiger partial charge < -0.3 is 0 Å². The van der Waals surface area contributed by atoms with Crippen LogP contribution in [0.15, 0.2) is 18.2 Å². The average molecular weight is 286 g/mol. The van der Waals surface area contributed by atoms with Crippen LogP contribution in [0.1, 0.15) is 36.5 Å². The summed E-state index contributed by atoms with van der Waals surface area (Å²) in [7, 11) is 0. The second kappa shape index (κ2) is 3.26. The summed E-state index contributed by atoms with van der Waals surface area (Å²) in [5, 5.41) is 0. The monoisotopic (exact) mass is 286 g/mol. The minimum atomic E-state index is 0.374. The molecular formula is C12H15I. The Hall–Kier alpha value is -0.0500. The Labute approximate surface area is 93.9 Å². The predicted octanol–water partition coefficient (Wildman–Crippen LogP) is 3.98. The molecule has 0 amide bonds. The molecule has 70 valence electrons. The molecule has 1 aliphatic carbocycles. The van der Waals surface area contributed by atoms with E-state index in [4.69, 9.17) is 0 Å². The van der Waals surface area contributed by atoms with Crippen LogP contribution in [-0.2, 0) is 9.84 Å². The van der Waals surface area contributed by atoms with Crippen molar-refractivity contribution in [3.63, 3.8) is 0 Å². The first-order valence-corrected chi connectivity index (χ1v) is 5.96. The molecule has 0 radical (unpaired) electrons. The van der Waals surface area contributed by atoms with Crippen molar-refractivity contribution in [1.82, 2.24) is 0 Å². The lowest BCUT2D eigenvalue weighted by Gasteiger charge is -2.30. The van der Waals surface area contributed by atoms with Gasteiger partial charge in [-0.1, -0.05) is 46.4 Å². The molecule has 1 aromatic carbocycles. The highest BCUT2D eigenvalue weighted by Gasteiger charge is 2.28. The third kappa shape index (κ3) is 1.76. The number of alkyl halides is 1. The quantitative estimate of drug-likeness (QED) is 0.500. The van der Waals surface area contributed by atoms with Crippen LogP contribution >= 0.6 is 22.6 Å². The normalized spacial score (nSPS) is 27.0. The summed E-state index contributed by atoms with van der Waals surface area (Å²) in [4.78, 5) is 0. The maximum absolute atomic E-state index is 2.59. The largest absolute Gasteiger partial charge is 0.0740 e. The van der Waals surface area contributed by atoms with E-state index in [1.807, 2.05) is 0 Å². The minimum absolute atomic E-state index is 0.374. The van der Waals surface area contributed by atoms with Gasteiger partial charge in [-0.25, -0.2) is 0 Å². The fourth-order valence-corrected chi connectivity index (χ4v) is 3.09. The fraction of sp³-hybridized carbons (Fsp3) is 0.500. The summed E-state index contributed by atoms with van der Waals surface area (Å²) >= 11 is 2.59. The van der Waals surface area contributed by atoms with E-state index in [0.29, 0.717) is 3.42 Å². The standard InChI is InChI=1S/C12H15I/c1-9-5-6-11-10(8-9)4-3-7-12(11,2)13/h5-6,8H,3-4,7H2,1-2H3. The van der Waals surface area contributed by atoms with Crippen molar-refractivity contribution in [1.29, 1.82) is 0 Å². The lowest BCUT2D eigenvalue weighted by atomic mass is 9.83. The van der Waals surface area contributed by atoms with E-state index in [0.717, 1.165) is 0 Å². The van der Waals surface area contributed by atoms with E-state index in [1.54, 1.807) is 11.1 Å². The van der Waals surface area contributed by atoms with Crippen LogP contribution in [0.3, 0.4) is 0 Å². The van der Waals surface area contributed by atoms with Gasteiger partial charge in [0, 0.05) is 3.42 Å². The van der Waals surface area contributed by atoms with Crippen molar-refractivity contribution in [3.8, 4) is 0 Å². The lowest BCUT2D eigenvalue weighted by Crippen LogP contribution is -2.20. The van der Waals surface area contributed by atoms with Gasteiger partial charge in [-0.15, -0.1) is 0 Å². The average Bonchev–Trinajstić information content (AvgIpc) is 2.02. The highest BCUT2D eigenvalue weighted by molar-refractivity contribution is 14.1. The number of hydrogen-bond acceptors (Lipinski definition) is 0. The molecule has 0 aliphatic heterocycles. The van der Waals surface area contributed by atoms with Crippen molar-refractivity contribution >= 4 is 22.6 Å². The second-order valence-electron chi connectivity index (χ2n) is 4.21. The molecule has 1 heteroatoms. The Morgan fingerprint density at radius 1 is 1.38 bits per heavy atom. The number of fused-ring (bicyclic) bond motifs is 1. The molecule has 0 saturated carbocycles. The fourth-order valence-electron chi connectivity index (χ4n) is 2.18. The van der Waals surface area contributed by atoms with E-state index in [-0.39, 0.29) is 0 Å². The van der Waals surface area contributed by atoms with Crippen molar-refractivity contribution < 1.29 is 0 Å². The summed E-state index contributed by atoms with van der Waals surface area (Å²) in [5.41, 5.74) is 4.53. The van der Waals surface area contributed by atoms with Gasteiger partial charge in [-0.2, -0.15) is 0 Å². The maximum atomic E-state index is 2.59. The Morgan fingerprint density at radius 3 is 2.92 bits per heavy atom. The molecule has 13 heavy (non-hydrogen) atoms. The molecule has 0 bridgehead atoms. The molecule has 0 N–H and O–H groups in total. The van der Waals surface area contributed by atoms with Crippen molar-refractivity contribution in [3.05, 3.63) is 34.9 Å². The van der Waals surface area contributed by atoms with Gasteiger partial charge in [0.05, 0.1) is 0 Å². The van der Waals surface area contributed by atoms with E-state index < -0.39 is 0 Å². The summed E-state index contributed by atoms with van der Waals surface area (Å²) < 4.78 is 0.374.